The van der Waals surface area contributed by atoms with Gasteiger partial charge in [-0.1, -0.05) is 12.1 Å². The first kappa shape index (κ1) is 17.7. The fourth-order valence-electron chi connectivity index (χ4n) is 2.79. The molecule has 6 nitrogen and oxygen atoms in total. The summed E-state index contributed by atoms with van der Waals surface area (Å²) in [6.45, 7) is 1.93. The van der Waals surface area contributed by atoms with Crippen LogP contribution in [0.15, 0.2) is 48.5 Å². The van der Waals surface area contributed by atoms with E-state index >= 15 is 0 Å². The maximum atomic E-state index is 12.5. The molecule has 1 heterocycles. The molecule has 0 unspecified atom stereocenters. The second-order valence-electron chi connectivity index (χ2n) is 6.08. The van der Waals surface area contributed by atoms with E-state index in [4.69, 9.17) is 4.74 Å². The summed E-state index contributed by atoms with van der Waals surface area (Å²) in [5.74, 6) is 0.361. The second kappa shape index (κ2) is 7.82. The first-order valence-corrected chi connectivity index (χ1v) is 8.47. The van der Waals surface area contributed by atoms with E-state index in [1.165, 1.54) is 11.8 Å². The van der Waals surface area contributed by atoms with Gasteiger partial charge in [0.05, 0.1) is 18.0 Å². The summed E-state index contributed by atoms with van der Waals surface area (Å²) >= 11 is 0. The highest BCUT2D eigenvalue weighted by Gasteiger charge is 2.25. The first-order chi connectivity index (χ1) is 12.5. The van der Waals surface area contributed by atoms with Crippen molar-refractivity contribution in [1.29, 1.82) is 0 Å². The van der Waals surface area contributed by atoms with Gasteiger partial charge in [-0.2, -0.15) is 0 Å². The van der Waals surface area contributed by atoms with E-state index in [0.29, 0.717) is 30.0 Å². The lowest BCUT2D eigenvalue weighted by molar-refractivity contribution is -0.122. The largest absolute Gasteiger partial charge is 0.494 e. The molecule has 0 saturated carbocycles. The van der Waals surface area contributed by atoms with Crippen LogP contribution in [0.4, 0.5) is 11.4 Å². The van der Waals surface area contributed by atoms with Gasteiger partial charge in [-0.15, -0.1) is 0 Å². The van der Waals surface area contributed by atoms with Crippen molar-refractivity contribution in [3.63, 3.8) is 0 Å². The van der Waals surface area contributed by atoms with E-state index in [1.807, 2.05) is 18.2 Å². The molecule has 6 heteroatoms. The number of fused-ring (bicyclic) bond motifs is 1. The molecule has 0 atom stereocenters. The lowest BCUT2D eigenvalue weighted by Crippen LogP contribution is -2.42. The molecule has 0 radical (unpaired) electrons. The first-order valence-electron chi connectivity index (χ1n) is 8.47. The van der Waals surface area contributed by atoms with Crippen LogP contribution in [0.5, 0.6) is 5.75 Å². The molecule has 0 saturated heterocycles. The number of rotatable bonds is 6. The van der Waals surface area contributed by atoms with E-state index < -0.39 is 0 Å². The zero-order chi connectivity index (χ0) is 18.5. The van der Waals surface area contributed by atoms with E-state index in [1.54, 1.807) is 30.3 Å². The number of anilines is 2. The van der Waals surface area contributed by atoms with Gasteiger partial charge >= 0.3 is 0 Å². The summed E-state index contributed by atoms with van der Waals surface area (Å²) in [5.41, 5.74) is 2.01. The van der Waals surface area contributed by atoms with Crippen LogP contribution in [-0.4, -0.2) is 30.7 Å². The summed E-state index contributed by atoms with van der Waals surface area (Å²) < 4.78 is 5.61. The molecule has 26 heavy (non-hydrogen) atoms. The topological polar surface area (TPSA) is 75.7 Å². The predicted molar refractivity (Wildman–Crippen MR) is 98.6 cm³/mol. The maximum absolute atomic E-state index is 12.5. The Kier molecular flexibility index (Phi) is 5.31. The molecule has 134 valence electrons. The molecular formula is C20H20N2O4. The summed E-state index contributed by atoms with van der Waals surface area (Å²) in [6.07, 6.45) is 0.820. The maximum Gasteiger partial charge on any atom is 0.244 e. The highest BCUT2D eigenvalue weighted by Crippen LogP contribution is 2.29. The Bertz CT molecular complexity index is 830. The van der Waals surface area contributed by atoms with Crippen LogP contribution < -0.4 is 15.0 Å². The van der Waals surface area contributed by atoms with Gasteiger partial charge in [0, 0.05) is 12.0 Å². The number of benzene rings is 2. The van der Waals surface area contributed by atoms with Crippen molar-refractivity contribution in [2.45, 2.75) is 19.8 Å². The Balaban J connectivity index is 1.51. The number of para-hydroxylation sites is 2. The molecule has 2 amide bonds. The van der Waals surface area contributed by atoms with Crippen molar-refractivity contribution in [1.82, 2.24) is 0 Å². The van der Waals surface area contributed by atoms with Gasteiger partial charge in [-0.3, -0.25) is 14.4 Å². The van der Waals surface area contributed by atoms with Crippen LogP contribution in [0.2, 0.25) is 0 Å². The Morgan fingerprint density at radius 3 is 2.58 bits per heavy atom. The van der Waals surface area contributed by atoms with Crippen LogP contribution in [0.3, 0.4) is 0 Å². The minimum atomic E-state index is -0.195. The zero-order valence-corrected chi connectivity index (χ0v) is 14.5. The number of Topliss-reactive ketones (excluding diaryl/α,β-unsaturated/α-hetero) is 1. The van der Waals surface area contributed by atoms with Gasteiger partial charge in [0.15, 0.2) is 5.78 Å². The Morgan fingerprint density at radius 1 is 1.12 bits per heavy atom. The molecule has 0 aromatic heterocycles. The number of hydrogen-bond donors (Lipinski definition) is 1. The normalized spacial score (nSPS) is 13.0. The highest BCUT2D eigenvalue weighted by atomic mass is 16.5. The zero-order valence-electron chi connectivity index (χ0n) is 14.5. The number of carbonyl (C=O) groups is 3. The number of ether oxygens (including phenoxy) is 1. The summed E-state index contributed by atoms with van der Waals surface area (Å²) in [5, 5.41) is 2.76. The molecule has 0 aliphatic carbocycles. The fourth-order valence-corrected chi connectivity index (χ4v) is 2.79. The van der Waals surface area contributed by atoms with Crippen LogP contribution in [-0.2, 0) is 9.59 Å². The number of nitrogens with zero attached hydrogens (tertiary/aromatic N) is 1. The average Bonchev–Trinajstić information content (AvgIpc) is 2.64. The molecule has 0 spiro atoms. The molecule has 1 aliphatic heterocycles. The monoisotopic (exact) mass is 352 g/mol. The SMILES string of the molecule is CC(=O)c1ccc(OCCCC(=O)N2CC(=O)Nc3ccccc32)cc1. The standard InChI is InChI=1S/C20H20N2O4/c1-14(23)15-8-10-16(11-9-15)26-12-4-7-20(25)22-13-19(24)21-17-5-2-3-6-18(17)22/h2-3,5-6,8-11H,4,7,12-13H2,1H3,(H,21,24). The molecule has 1 aliphatic rings. The number of ketones is 1. The molecule has 2 aromatic rings. The Hall–Kier alpha value is -3.15. The third-order valence-corrected chi connectivity index (χ3v) is 4.14. The van der Waals surface area contributed by atoms with Crippen LogP contribution in [0.1, 0.15) is 30.1 Å². The van der Waals surface area contributed by atoms with Crippen molar-refractivity contribution in [3.05, 3.63) is 54.1 Å². The van der Waals surface area contributed by atoms with E-state index in [9.17, 15) is 14.4 Å². The van der Waals surface area contributed by atoms with E-state index in [2.05, 4.69) is 5.32 Å². The summed E-state index contributed by atoms with van der Waals surface area (Å²) in [4.78, 5) is 37.0. The molecule has 2 aromatic carbocycles. The summed E-state index contributed by atoms with van der Waals surface area (Å²) in [6, 6.07) is 14.2. The number of amides is 2. The molecule has 3 rings (SSSR count). The van der Waals surface area contributed by atoms with Crippen molar-refractivity contribution in [2.75, 3.05) is 23.4 Å². The molecule has 1 N–H and O–H groups in total. The van der Waals surface area contributed by atoms with E-state index in [-0.39, 0.29) is 30.6 Å². The van der Waals surface area contributed by atoms with Crippen molar-refractivity contribution in [2.24, 2.45) is 0 Å². The quantitative estimate of drug-likeness (QED) is 0.640. The van der Waals surface area contributed by atoms with Gasteiger partial charge in [0.1, 0.15) is 12.3 Å². The van der Waals surface area contributed by atoms with Crippen molar-refractivity contribution < 1.29 is 19.1 Å². The average molecular weight is 352 g/mol. The number of carbonyl (C=O) groups excluding carboxylic acids is 3. The molecule has 0 bridgehead atoms. The summed E-state index contributed by atoms with van der Waals surface area (Å²) in [7, 11) is 0. The van der Waals surface area contributed by atoms with E-state index in [0.717, 1.165) is 5.69 Å². The van der Waals surface area contributed by atoms with Gasteiger partial charge in [-0.05, 0) is 49.7 Å². The molecular weight excluding hydrogens is 332 g/mol. The van der Waals surface area contributed by atoms with Gasteiger partial charge in [-0.25, -0.2) is 0 Å². The second-order valence-corrected chi connectivity index (χ2v) is 6.08. The lowest BCUT2D eigenvalue weighted by atomic mass is 10.1. The van der Waals surface area contributed by atoms with Crippen LogP contribution in [0.25, 0.3) is 0 Å². The third-order valence-electron chi connectivity index (χ3n) is 4.14. The Labute approximate surface area is 151 Å². The van der Waals surface area contributed by atoms with Gasteiger partial charge < -0.3 is 15.0 Å². The smallest absolute Gasteiger partial charge is 0.244 e. The minimum absolute atomic E-state index is 0.00740. The lowest BCUT2D eigenvalue weighted by Gasteiger charge is -2.29. The number of nitrogens with one attached hydrogen (secondary N) is 1. The highest BCUT2D eigenvalue weighted by molar-refractivity contribution is 6.09. The molecule has 0 fully saturated rings. The minimum Gasteiger partial charge on any atom is -0.494 e. The van der Waals surface area contributed by atoms with Crippen LogP contribution >= 0.6 is 0 Å². The fraction of sp³-hybridized carbons (Fsp3) is 0.250. The van der Waals surface area contributed by atoms with Gasteiger partial charge in [0.2, 0.25) is 11.8 Å². The van der Waals surface area contributed by atoms with Crippen LogP contribution in [0, 0.1) is 0 Å². The van der Waals surface area contributed by atoms with Crippen molar-refractivity contribution >= 4 is 29.0 Å². The van der Waals surface area contributed by atoms with Crippen molar-refractivity contribution in [3.8, 4) is 5.75 Å². The third kappa shape index (κ3) is 4.08. The number of hydrogen-bond acceptors (Lipinski definition) is 4. The van der Waals surface area contributed by atoms with Gasteiger partial charge in [0.25, 0.3) is 0 Å². The predicted octanol–water partition coefficient (Wildman–Crippen LogP) is 3.03. The Morgan fingerprint density at radius 2 is 1.85 bits per heavy atom.